The number of nitrogens with zero attached hydrogens (tertiary/aromatic N) is 1. The van der Waals surface area contributed by atoms with Gasteiger partial charge in [0, 0.05) is 5.56 Å². The standard InChI is InChI=1S/C13H9BrF2N2O2/c1-20-10-4-2-7(6-8(10)14)13(19)17-9-3-5-11(15)18-12(9)16/h2-6H,1H3,(H,17,19). The number of nitrogens with one attached hydrogen (secondary N) is 1. The molecule has 0 aliphatic heterocycles. The molecule has 0 radical (unpaired) electrons. The van der Waals surface area contributed by atoms with Crippen LogP contribution in [0.1, 0.15) is 10.4 Å². The topological polar surface area (TPSA) is 51.2 Å². The number of carbonyl (C=O) groups excluding carboxylic acids is 1. The molecule has 1 aromatic carbocycles. The van der Waals surface area contributed by atoms with Crippen molar-refractivity contribution in [2.75, 3.05) is 12.4 Å². The summed E-state index contributed by atoms with van der Waals surface area (Å²) in [7, 11) is 1.50. The number of methoxy groups -OCH3 is 1. The van der Waals surface area contributed by atoms with Crippen LogP contribution in [0.5, 0.6) is 5.75 Å². The monoisotopic (exact) mass is 342 g/mol. The van der Waals surface area contributed by atoms with Crippen molar-refractivity contribution < 1.29 is 18.3 Å². The summed E-state index contributed by atoms with van der Waals surface area (Å²) in [4.78, 5) is 14.9. The number of benzene rings is 1. The first-order chi connectivity index (χ1) is 9.51. The zero-order valence-corrected chi connectivity index (χ0v) is 11.9. The largest absolute Gasteiger partial charge is 0.496 e. The van der Waals surface area contributed by atoms with Gasteiger partial charge in [-0.2, -0.15) is 13.8 Å². The molecule has 0 bridgehead atoms. The Kier molecular flexibility index (Phi) is 4.29. The van der Waals surface area contributed by atoms with Crippen molar-refractivity contribution in [2.45, 2.75) is 0 Å². The molecule has 0 fully saturated rings. The summed E-state index contributed by atoms with van der Waals surface area (Å²) in [5, 5.41) is 2.31. The molecule has 0 aliphatic rings. The highest BCUT2D eigenvalue weighted by atomic mass is 79.9. The molecular formula is C13H9BrF2N2O2. The summed E-state index contributed by atoms with van der Waals surface area (Å²) in [6.07, 6.45) is 0. The molecule has 0 unspecified atom stereocenters. The van der Waals surface area contributed by atoms with Crippen LogP contribution in [-0.4, -0.2) is 18.0 Å². The van der Waals surface area contributed by atoms with E-state index >= 15 is 0 Å². The first-order valence-electron chi connectivity index (χ1n) is 5.48. The minimum atomic E-state index is -1.08. The third-order valence-corrected chi connectivity index (χ3v) is 3.10. The number of anilines is 1. The zero-order chi connectivity index (χ0) is 14.7. The van der Waals surface area contributed by atoms with Gasteiger partial charge < -0.3 is 10.1 Å². The van der Waals surface area contributed by atoms with Gasteiger partial charge in [-0.15, -0.1) is 0 Å². The van der Waals surface area contributed by atoms with E-state index < -0.39 is 17.8 Å². The molecule has 0 atom stereocenters. The smallest absolute Gasteiger partial charge is 0.255 e. The SMILES string of the molecule is COc1ccc(C(=O)Nc2ccc(F)nc2F)cc1Br. The van der Waals surface area contributed by atoms with Gasteiger partial charge in [-0.25, -0.2) is 0 Å². The summed E-state index contributed by atoms with van der Waals surface area (Å²) in [5.74, 6) is -2.00. The van der Waals surface area contributed by atoms with Crippen LogP contribution in [0.2, 0.25) is 0 Å². The number of pyridine rings is 1. The molecule has 0 spiro atoms. The third-order valence-electron chi connectivity index (χ3n) is 2.48. The van der Waals surface area contributed by atoms with Crippen LogP contribution >= 0.6 is 15.9 Å². The fourth-order valence-electron chi connectivity index (χ4n) is 1.51. The van der Waals surface area contributed by atoms with Crippen LogP contribution in [-0.2, 0) is 0 Å². The van der Waals surface area contributed by atoms with Crippen LogP contribution < -0.4 is 10.1 Å². The third kappa shape index (κ3) is 3.11. The second-order valence-corrected chi connectivity index (χ2v) is 4.63. The van der Waals surface area contributed by atoms with E-state index in [-0.39, 0.29) is 5.69 Å². The lowest BCUT2D eigenvalue weighted by Crippen LogP contribution is -2.13. The van der Waals surface area contributed by atoms with Gasteiger partial charge in [-0.3, -0.25) is 4.79 Å². The predicted octanol–water partition coefficient (Wildman–Crippen LogP) is 3.38. The molecule has 1 amide bonds. The Bertz CT molecular complexity index is 665. The van der Waals surface area contributed by atoms with Gasteiger partial charge >= 0.3 is 0 Å². The Balaban J connectivity index is 2.21. The molecule has 1 heterocycles. The van der Waals surface area contributed by atoms with E-state index in [1.807, 2.05) is 0 Å². The van der Waals surface area contributed by atoms with Gasteiger partial charge in [-0.05, 0) is 46.3 Å². The molecule has 1 N–H and O–H groups in total. The molecule has 2 aromatic rings. The van der Waals surface area contributed by atoms with Crippen LogP contribution in [0.25, 0.3) is 0 Å². The lowest BCUT2D eigenvalue weighted by Gasteiger charge is -2.08. The summed E-state index contributed by atoms with van der Waals surface area (Å²) in [6, 6.07) is 6.71. The van der Waals surface area contributed by atoms with Crippen molar-refractivity contribution in [2.24, 2.45) is 0 Å². The van der Waals surface area contributed by atoms with E-state index in [0.717, 1.165) is 12.1 Å². The molecule has 104 valence electrons. The maximum Gasteiger partial charge on any atom is 0.255 e. The molecule has 1 aromatic heterocycles. The highest BCUT2D eigenvalue weighted by Gasteiger charge is 2.12. The number of halogens is 3. The van der Waals surface area contributed by atoms with Crippen molar-refractivity contribution in [3.8, 4) is 5.75 Å². The Morgan fingerprint density at radius 3 is 2.65 bits per heavy atom. The number of rotatable bonds is 3. The second-order valence-electron chi connectivity index (χ2n) is 3.78. The van der Waals surface area contributed by atoms with E-state index in [1.165, 1.54) is 19.2 Å². The maximum absolute atomic E-state index is 13.3. The van der Waals surface area contributed by atoms with Crippen LogP contribution in [0, 0.1) is 11.9 Å². The van der Waals surface area contributed by atoms with Crippen molar-refractivity contribution in [1.82, 2.24) is 4.98 Å². The molecular weight excluding hydrogens is 334 g/mol. The van der Waals surface area contributed by atoms with Crippen molar-refractivity contribution in [1.29, 1.82) is 0 Å². The fraction of sp³-hybridized carbons (Fsp3) is 0.0769. The van der Waals surface area contributed by atoms with Gasteiger partial charge in [0.25, 0.3) is 5.91 Å². The van der Waals surface area contributed by atoms with Gasteiger partial charge in [0.05, 0.1) is 17.3 Å². The van der Waals surface area contributed by atoms with Gasteiger partial charge in [0.15, 0.2) is 0 Å². The summed E-state index contributed by atoms with van der Waals surface area (Å²) >= 11 is 3.24. The first-order valence-corrected chi connectivity index (χ1v) is 6.27. The first kappa shape index (κ1) is 14.4. The van der Waals surface area contributed by atoms with Gasteiger partial charge in [0.1, 0.15) is 5.75 Å². The van der Waals surface area contributed by atoms with E-state index in [0.29, 0.717) is 15.8 Å². The molecule has 7 heteroatoms. The van der Waals surface area contributed by atoms with Crippen molar-refractivity contribution >= 4 is 27.5 Å². The molecule has 0 saturated heterocycles. The Morgan fingerprint density at radius 2 is 2.05 bits per heavy atom. The Morgan fingerprint density at radius 1 is 1.30 bits per heavy atom. The highest BCUT2D eigenvalue weighted by Crippen LogP contribution is 2.26. The van der Waals surface area contributed by atoms with Gasteiger partial charge in [-0.1, -0.05) is 0 Å². The maximum atomic E-state index is 13.3. The number of ether oxygens (including phenoxy) is 1. The average Bonchev–Trinajstić information content (AvgIpc) is 2.41. The summed E-state index contributed by atoms with van der Waals surface area (Å²) in [5.41, 5.74) is 0.102. The molecule has 0 saturated carbocycles. The number of amides is 1. The number of hydrogen-bond acceptors (Lipinski definition) is 3. The second kappa shape index (κ2) is 5.96. The van der Waals surface area contributed by atoms with E-state index in [9.17, 15) is 13.6 Å². The fourth-order valence-corrected chi connectivity index (χ4v) is 2.05. The number of aromatic nitrogens is 1. The average molecular weight is 343 g/mol. The molecule has 0 aliphatic carbocycles. The minimum absolute atomic E-state index is 0.191. The molecule has 4 nitrogen and oxygen atoms in total. The van der Waals surface area contributed by atoms with E-state index in [2.05, 4.69) is 26.2 Å². The molecule has 20 heavy (non-hydrogen) atoms. The summed E-state index contributed by atoms with van der Waals surface area (Å²) < 4.78 is 31.6. The zero-order valence-electron chi connectivity index (χ0n) is 10.3. The van der Waals surface area contributed by atoms with Crippen LogP contribution in [0.15, 0.2) is 34.8 Å². The number of carbonyl (C=O) groups is 1. The predicted molar refractivity (Wildman–Crippen MR) is 72.8 cm³/mol. The van der Waals surface area contributed by atoms with E-state index in [1.54, 1.807) is 6.07 Å². The quantitative estimate of drug-likeness (QED) is 0.870. The van der Waals surface area contributed by atoms with Crippen molar-refractivity contribution in [3.63, 3.8) is 0 Å². The van der Waals surface area contributed by atoms with E-state index in [4.69, 9.17) is 4.74 Å². The van der Waals surface area contributed by atoms with Crippen LogP contribution in [0.4, 0.5) is 14.5 Å². The van der Waals surface area contributed by atoms with Crippen LogP contribution in [0.3, 0.4) is 0 Å². The summed E-state index contributed by atoms with van der Waals surface area (Å²) in [6.45, 7) is 0. The Labute approximate surface area is 121 Å². The highest BCUT2D eigenvalue weighted by molar-refractivity contribution is 9.10. The van der Waals surface area contributed by atoms with Crippen molar-refractivity contribution in [3.05, 3.63) is 52.3 Å². The minimum Gasteiger partial charge on any atom is -0.496 e. The number of hydrogen-bond donors (Lipinski definition) is 1. The lowest BCUT2D eigenvalue weighted by molar-refractivity contribution is 0.102. The lowest BCUT2D eigenvalue weighted by atomic mass is 10.2. The molecule has 2 rings (SSSR count). The Hall–Kier alpha value is -2.02. The normalized spacial score (nSPS) is 10.2. The van der Waals surface area contributed by atoms with Gasteiger partial charge in [0.2, 0.25) is 11.9 Å².